The Hall–Kier alpha value is -0.850. The zero-order valence-electron chi connectivity index (χ0n) is 11.5. The number of aliphatic imine (C=N–C) groups is 1. The lowest BCUT2D eigenvalue weighted by Crippen LogP contribution is -2.48. The molecule has 0 amide bonds. The van der Waals surface area contributed by atoms with Crippen molar-refractivity contribution in [1.29, 1.82) is 0 Å². The van der Waals surface area contributed by atoms with E-state index >= 15 is 0 Å². The molecule has 0 aromatic carbocycles. The Morgan fingerprint density at radius 1 is 1.00 bits per heavy atom. The third-order valence-corrected chi connectivity index (χ3v) is 4.38. The summed E-state index contributed by atoms with van der Waals surface area (Å²) in [5, 5.41) is 0. The Bertz CT molecular complexity index is 332. The van der Waals surface area contributed by atoms with Crippen LogP contribution in [0.4, 0.5) is 0 Å². The first-order chi connectivity index (χ1) is 9.30. The van der Waals surface area contributed by atoms with Crippen molar-refractivity contribution >= 4 is 5.96 Å². The highest BCUT2D eigenvalue weighted by Gasteiger charge is 2.48. The minimum Gasteiger partial charge on any atom is -0.379 e. The molecule has 1 saturated carbocycles. The van der Waals surface area contributed by atoms with Crippen LogP contribution in [0.25, 0.3) is 0 Å². The van der Waals surface area contributed by atoms with Crippen molar-refractivity contribution in [1.82, 2.24) is 9.80 Å². The van der Waals surface area contributed by atoms with Crippen LogP contribution in [0.15, 0.2) is 4.99 Å². The molecule has 2 heterocycles. The molecule has 108 valence electrons. The predicted molar refractivity (Wildman–Crippen MR) is 73.2 cm³/mol. The Balaban J connectivity index is 1.55. The lowest BCUT2D eigenvalue weighted by Gasteiger charge is -2.34. The molecular formula is C13H24N4O2. The molecule has 2 saturated heterocycles. The van der Waals surface area contributed by atoms with E-state index in [0.717, 1.165) is 59.2 Å². The molecule has 19 heavy (non-hydrogen) atoms. The summed E-state index contributed by atoms with van der Waals surface area (Å²) in [6.45, 7) is 7.83. The largest absolute Gasteiger partial charge is 0.379 e. The van der Waals surface area contributed by atoms with E-state index in [0.29, 0.717) is 5.96 Å². The van der Waals surface area contributed by atoms with Gasteiger partial charge in [0.2, 0.25) is 0 Å². The zero-order valence-corrected chi connectivity index (χ0v) is 11.5. The van der Waals surface area contributed by atoms with Crippen LogP contribution in [0, 0.1) is 0 Å². The summed E-state index contributed by atoms with van der Waals surface area (Å²) >= 11 is 0. The quantitative estimate of drug-likeness (QED) is 0.552. The highest BCUT2D eigenvalue weighted by Crippen LogP contribution is 2.42. The first kappa shape index (κ1) is 13.1. The number of hydrogen-bond donors (Lipinski definition) is 1. The van der Waals surface area contributed by atoms with Gasteiger partial charge in [-0.15, -0.1) is 0 Å². The van der Waals surface area contributed by atoms with Gasteiger partial charge in [0.05, 0.1) is 33.0 Å². The van der Waals surface area contributed by atoms with E-state index in [1.807, 2.05) is 0 Å². The normalized spacial score (nSPS) is 28.4. The van der Waals surface area contributed by atoms with Gasteiger partial charge in [-0.3, -0.25) is 9.89 Å². The summed E-state index contributed by atoms with van der Waals surface area (Å²) in [7, 11) is 0. The van der Waals surface area contributed by atoms with Gasteiger partial charge in [-0.1, -0.05) is 0 Å². The molecule has 0 radical (unpaired) electrons. The second-order valence-corrected chi connectivity index (χ2v) is 5.60. The predicted octanol–water partition coefficient (Wildman–Crippen LogP) is -0.502. The Kier molecular flexibility index (Phi) is 3.91. The molecule has 0 bridgehead atoms. The van der Waals surface area contributed by atoms with Crippen molar-refractivity contribution in [2.75, 3.05) is 59.2 Å². The van der Waals surface area contributed by atoms with E-state index in [9.17, 15) is 0 Å². The van der Waals surface area contributed by atoms with Gasteiger partial charge in [0.1, 0.15) is 0 Å². The Morgan fingerprint density at radius 2 is 1.58 bits per heavy atom. The van der Waals surface area contributed by atoms with Crippen LogP contribution >= 0.6 is 0 Å². The van der Waals surface area contributed by atoms with Crippen LogP contribution in [0.5, 0.6) is 0 Å². The summed E-state index contributed by atoms with van der Waals surface area (Å²) in [5.41, 5.74) is 6.37. The highest BCUT2D eigenvalue weighted by atomic mass is 16.5. The fraction of sp³-hybridized carbons (Fsp3) is 0.923. The maximum absolute atomic E-state index is 6.09. The van der Waals surface area contributed by atoms with E-state index < -0.39 is 0 Å². The van der Waals surface area contributed by atoms with E-state index in [4.69, 9.17) is 15.2 Å². The molecule has 6 heteroatoms. The van der Waals surface area contributed by atoms with Gasteiger partial charge in [-0.25, -0.2) is 0 Å². The summed E-state index contributed by atoms with van der Waals surface area (Å²) in [4.78, 5) is 9.30. The average molecular weight is 268 g/mol. The van der Waals surface area contributed by atoms with Crippen LogP contribution in [-0.4, -0.2) is 80.4 Å². The smallest absolute Gasteiger partial charge is 0.191 e. The minimum absolute atomic E-state index is 0.278. The minimum atomic E-state index is 0.278. The maximum atomic E-state index is 6.09. The molecule has 0 unspecified atom stereocenters. The van der Waals surface area contributed by atoms with E-state index in [-0.39, 0.29) is 5.54 Å². The first-order valence-corrected chi connectivity index (χ1v) is 7.26. The van der Waals surface area contributed by atoms with Crippen LogP contribution < -0.4 is 5.73 Å². The molecule has 1 aliphatic carbocycles. The van der Waals surface area contributed by atoms with E-state index in [1.54, 1.807) is 0 Å². The SMILES string of the molecule is NC(=NCC1(N2CCOCC2)CC1)N1CCOCC1. The van der Waals surface area contributed by atoms with Crippen molar-refractivity contribution in [3.8, 4) is 0 Å². The van der Waals surface area contributed by atoms with Crippen LogP contribution in [0.1, 0.15) is 12.8 Å². The number of nitrogens with zero attached hydrogens (tertiary/aromatic N) is 3. The van der Waals surface area contributed by atoms with Gasteiger partial charge in [0.25, 0.3) is 0 Å². The van der Waals surface area contributed by atoms with Crippen molar-refractivity contribution in [2.24, 2.45) is 10.7 Å². The number of guanidine groups is 1. The first-order valence-electron chi connectivity index (χ1n) is 7.26. The second kappa shape index (κ2) is 5.64. The van der Waals surface area contributed by atoms with Crippen molar-refractivity contribution in [3.05, 3.63) is 0 Å². The van der Waals surface area contributed by atoms with E-state index in [2.05, 4.69) is 14.8 Å². The molecule has 0 aromatic heterocycles. The zero-order chi connectivity index (χ0) is 13.1. The molecule has 0 aromatic rings. The molecule has 0 spiro atoms. The molecule has 2 aliphatic heterocycles. The van der Waals surface area contributed by atoms with Gasteiger partial charge in [0.15, 0.2) is 5.96 Å². The maximum Gasteiger partial charge on any atom is 0.191 e. The van der Waals surface area contributed by atoms with Gasteiger partial charge < -0.3 is 20.1 Å². The Morgan fingerprint density at radius 3 is 2.16 bits per heavy atom. The van der Waals surface area contributed by atoms with Gasteiger partial charge >= 0.3 is 0 Å². The number of morpholine rings is 2. The summed E-state index contributed by atoms with van der Waals surface area (Å²) in [6, 6.07) is 0. The number of nitrogens with two attached hydrogens (primary N) is 1. The summed E-state index contributed by atoms with van der Waals surface area (Å²) < 4.78 is 10.7. The van der Waals surface area contributed by atoms with Gasteiger partial charge in [-0.2, -0.15) is 0 Å². The van der Waals surface area contributed by atoms with Crippen LogP contribution in [-0.2, 0) is 9.47 Å². The van der Waals surface area contributed by atoms with Gasteiger partial charge in [0, 0.05) is 31.7 Å². The summed E-state index contributed by atoms with van der Waals surface area (Å²) in [6.07, 6.45) is 2.49. The molecule has 3 aliphatic rings. The van der Waals surface area contributed by atoms with Crippen LogP contribution in [0.2, 0.25) is 0 Å². The molecule has 0 atom stereocenters. The monoisotopic (exact) mass is 268 g/mol. The van der Waals surface area contributed by atoms with Crippen molar-refractivity contribution in [3.63, 3.8) is 0 Å². The fourth-order valence-corrected chi connectivity index (χ4v) is 2.88. The third kappa shape index (κ3) is 3.01. The topological polar surface area (TPSA) is 63.3 Å². The number of rotatable bonds is 3. The summed E-state index contributed by atoms with van der Waals surface area (Å²) in [5.74, 6) is 0.683. The molecule has 6 nitrogen and oxygen atoms in total. The lowest BCUT2D eigenvalue weighted by atomic mass is 10.2. The van der Waals surface area contributed by atoms with Crippen molar-refractivity contribution < 1.29 is 9.47 Å². The highest BCUT2D eigenvalue weighted by molar-refractivity contribution is 5.78. The second-order valence-electron chi connectivity index (χ2n) is 5.60. The lowest BCUT2D eigenvalue weighted by molar-refractivity contribution is 0.0116. The standard InChI is InChI=1S/C13H24N4O2/c14-12(16-3-7-18-8-4-16)15-11-13(1-2-13)17-5-9-19-10-6-17/h1-11H2,(H2,14,15). The van der Waals surface area contributed by atoms with Gasteiger partial charge in [-0.05, 0) is 12.8 Å². The van der Waals surface area contributed by atoms with E-state index in [1.165, 1.54) is 12.8 Å². The molecule has 3 fully saturated rings. The van der Waals surface area contributed by atoms with Crippen molar-refractivity contribution in [2.45, 2.75) is 18.4 Å². The van der Waals surface area contributed by atoms with Crippen LogP contribution in [0.3, 0.4) is 0 Å². The Labute approximate surface area is 114 Å². The fourth-order valence-electron chi connectivity index (χ4n) is 2.88. The number of hydrogen-bond acceptors (Lipinski definition) is 4. The third-order valence-electron chi connectivity index (χ3n) is 4.38. The molecular weight excluding hydrogens is 244 g/mol. The molecule has 2 N–H and O–H groups in total. The number of ether oxygens (including phenoxy) is 2. The molecule has 3 rings (SSSR count). The average Bonchev–Trinajstić information content (AvgIpc) is 3.28.